The molecule has 0 fully saturated rings. The van der Waals surface area contributed by atoms with E-state index in [1.54, 1.807) is 6.07 Å². The average Bonchev–Trinajstić information content (AvgIpc) is 2.77. The van der Waals surface area contributed by atoms with Crippen LogP contribution in [0.1, 0.15) is 28.7 Å². The predicted molar refractivity (Wildman–Crippen MR) is 136 cm³/mol. The molecule has 0 radical (unpaired) electrons. The molecular weight excluding hydrogens is 792 g/mol. The van der Waals surface area contributed by atoms with Crippen LogP contribution in [0.4, 0.5) is 26.3 Å². The van der Waals surface area contributed by atoms with Crippen LogP contribution in [0.5, 0.6) is 0 Å². The lowest BCUT2D eigenvalue weighted by Crippen LogP contribution is -2.25. The number of hydrogen-bond acceptors (Lipinski definition) is 5. The van der Waals surface area contributed by atoms with Crippen LogP contribution in [0.15, 0.2) is 50.7 Å². The second-order valence-electron chi connectivity index (χ2n) is 6.93. The molecular formula is C20H9BrF6I2N4O3. The zero-order valence-electron chi connectivity index (χ0n) is 17.4. The zero-order chi connectivity index (χ0) is 27.2. The molecule has 0 atom stereocenters. The van der Waals surface area contributed by atoms with Crippen LogP contribution in [0.2, 0.25) is 0 Å². The first-order chi connectivity index (χ1) is 16.5. The lowest BCUT2D eigenvalue weighted by molar-refractivity contribution is -0.142. The van der Waals surface area contributed by atoms with E-state index in [1.165, 1.54) is 76.6 Å². The van der Waals surface area contributed by atoms with Crippen LogP contribution in [0.25, 0.3) is 11.3 Å². The van der Waals surface area contributed by atoms with Gasteiger partial charge >= 0.3 is 12.4 Å². The molecule has 0 bridgehead atoms. The summed E-state index contributed by atoms with van der Waals surface area (Å²) >= 11 is 5.79. The Kier molecular flexibility index (Phi) is 8.19. The van der Waals surface area contributed by atoms with Crippen molar-refractivity contribution in [3.8, 4) is 0 Å². The van der Waals surface area contributed by atoms with E-state index in [4.69, 9.17) is 0 Å². The summed E-state index contributed by atoms with van der Waals surface area (Å²) in [7, 11) is 0. The maximum Gasteiger partial charge on any atom is 0.434 e. The molecule has 4 aromatic rings. The van der Waals surface area contributed by atoms with E-state index in [1.807, 2.05) is 0 Å². The first-order valence-electron chi connectivity index (χ1n) is 9.27. The molecule has 0 unspecified atom stereocenters. The molecule has 0 aliphatic heterocycles. The molecule has 36 heavy (non-hydrogen) atoms. The fraction of sp³-hybridized carbons (Fsp3) is 0.150. The topological polar surface area (TPSA) is 85.8 Å². The predicted octanol–water partition coefficient (Wildman–Crippen LogP) is 5.60. The number of hydrogen-bond donors (Lipinski definition) is 0. The largest absolute Gasteiger partial charge is 0.434 e. The van der Waals surface area contributed by atoms with Gasteiger partial charge < -0.3 is 0 Å². The lowest BCUT2D eigenvalue weighted by atomic mass is 10.2. The minimum atomic E-state index is -4.71. The molecule has 190 valence electrons. The Labute approximate surface area is 232 Å². The minimum Gasteiger partial charge on any atom is -0.295 e. The molecule has 0 aliphatic carbocycles. The summed E-state index contributed by atoms with van der Waals surface area (Å²) in [6.07, 6.45) is -6.73. The SMILES string of the molecule is CC(=O)c1ccn2c(=O)c(I)c(C(F)(F)F)nc2c1.O=c1c(I)c(C(F)(F)F)nc2cc(Br)ccn12. The first-order valence-corrected chi connectivity index (χ1v) is 12.2. The number of carbonyl (C=O) groups excluding carboxylic acids is 1. The number of ketones is 1. The highest BCUT2D eigenvalue weighted by Gasteiger charge is 2.37. The smallest absolute Gasteiger partial charge is 0.295 e. The summed E-state index contributed by atoms with van der Waals surface area (Å²) in [6, 6.07) is 5.43. The molecule has 16 heteroatoms. The van der Waals surface area contributed by atoms with Crippen molar-refractivity contribution < 1.29 is 31.1 Å². The van der Waals surface area contributed by atoms with Gasteiger partial charge in [0.15, 0.2) is 17.2 Å². The van der Waals surface area contributed by atoms with E-state index < -0.39 is 42.0 Å². The number of fused-ring (bicyclic) bond motifs is 2. The third-order valence-electron chi connectivity index (χ3n) is 4.46. The van der Waals surface area contributed by atoms with E-state index in [9.17, 15) is 40.7 Å². The Bertz CT molecular complexity index is 1630. The maximum atomic E-state index is 12.7. The van der Waals surface area contributed by atoms with Gasteiger partial charge in [0.1, 0.15) is 18.4 Å². The van der Waals surface area contributed by atoms with Crippen molar-refractivity contribution in [1.82, 2.24) is 18.8 Å². The van der Waals surface area contributed by atoms with Gasteiger partial charge in [0.05, 0.1) is 0 Å². The molecule has 0 spiro atoms. The van der Waals surface area contributed by atoms with Crippen molar-refractivity contribution in [2.24, 2.45) is 0 Å². The molecule has 0 aromatic carbocycles. The molecule has 0 aliphatic rings. The Morgan fingerprint density at radius 2 is 1.25 bits per heavy atom. The Morgan fingerprint density at radius 3 is 1.67 bits per heavy atom. The van der Waals surface area contributed by atoms with E-state index in [0.29, 0.717) is 4.47 Å². The summed E-state index contributed by atoms with van der Waals surface area (Å²) < 4.78 is 77.8. The summed E-state index contributed by atoms with van der Waals surface area (Å²) in [5.74, 6) is -0.316. The number of nitrogens with zero attached hydrogens (tertiary/aromatic N) is 4. The van der Waals surface area contributed by atoms with Gasteiger partial charge in [-0.15, -0.1) is 0 Å². The molecule has 4 heterocycles. The molecule has 0 amide bonds. The number of alkyl halides is 6. The molecule has 0 saturated heterocycles. The van der Waals surface area contributed by atoms with Gasteiger partial charge in [-0.3, -0.25) is 23.2 Å². The van der Waals surface area contributed by atoms with Crippen molar-refractivity contribution in [2.75, 3.05) is 0 Å². The van der Waals surface area contributed by atoms with Gasteiger partial charge in [0.25, 0.3) is 11.1 Å². The second kappa shape index (κ2) is 10.3. The Morgan fingerprint density at radius 1 is 0.833 bits per heavy atom. The maximum absolute atomic E-state index is 12.7. The van der Waals surface area contributed by atoms with Crippen molar-refractivity contribution in [3.63, 3.8) is 0 Å². The van der Waals surface area contributed by atoms with Crippen LogP contribution >= 0.6 is 61.1 Å². The van der Waals surface area contributed by atoms with Crippen LogP contribution in [-0.4, -0.2) is 24.6 Å². The summed E-state index contributed by atoms with van der Waals surface area (Å²) in [5.41, 5.74) is -3.98. The Hall–Kier alpha value is -2.09. The van der Waals surface area contributed by atoms with Gasteiger partial charge in [0.2, 0.25) is 0 Å². The summed E-state index contributed by atoms with van der Waals surface area (Å²) in [5, 5.41) is 0. The summed E-state index contributed by atoms with van der Waals surface area (Å²) in [4.78, 5) is 41.6. The van der Waals surface area contributed by atoms with E-state index in [-0.39, 0.29) is 22.6 Å². The van der Waals surface area contributed by atoms with Crippen molar-refractivity contribution in [3.05, 3.63) is 85.9 Å². The zero-order valence-corrected chi connectivity index (χ0v) is 23.3. The van der Waals surface area contributed by atoms with Crippen molar-refractivity contribution in [2.45, 2.75) is 19.3 Å². The molecule has 4 rings (SSSR count). The van der Waals surface area contributed by atoms with E-state index in [2.05, 4.69) is 25.9 Å². The van der Waals surface area contributed by atoms with Crippen LogP contribution < -0.4 is 11.1 Å². The number of carbonyl (C=O) groups is 1. The van der Waals surface area contributed by atoms with Crippen molar-refractivity contribution >= 4 is 78.2 Å². The van der Waals surface area contributed by atoms with Crippen molar-refractivity contribution in [1.29, 1.82) is 0 Å². The quantitative estimate of drug-likeness (QED) is 0.142. The molecule has 0 saturated carbocycles. The average molecular weight is 801 g/mol. The van der Waals surface area contributed by atoms with Gasteiger partial charge in [-0.25, -0.2) is 9.97 Å². The second-order valence-corrected chi connectivity index (χ2v) is 10.0. The first kappa shape index (κ1) is 28.5. The van der Waals surface area contributed by atoms with Crippen LogP contribution in [0, 0.1) is 7.14 Å². The van der Waals surface area contributed by atoms with Gasteiger partial charge in [-0.2, -0.15) is 26.3 Å². The lowest BCUT2D eigenvalue weighted by Gasteiger charge is -2.10. The number of Topliss-reactive ketones (excluding diaryl/α,β-unsaturated/α-hetero) is 1. The van der Waals surface area contributed by atoms with E-state index in [0.717, 1.165) is 14.9 Å². The van der Waals surface area contributed by atoms with Gasteiger partial charge in [-0.1, -0.05) is 15.9 Å². The molecule has 0 N–H and O–H groups in total. The summed E-state index contributed by atoms with van der Waals surface area (Å²) in [6.45, 7) is 1.28. The number of aromatic nitrogens is 4. The van der Waals surface area contributed by atoms with E-state index >= 15 is 0 Å². The number of rotatable bonds is 1. The van der Waals surface area contributed by atoms with Crippen LogP contribution in [0.3, 0.4) is 0 Å². The fourth-order valence-corrected chi connectivity index (χ4v) is 4.50. The normalized spacial score (nSPS) is 11.9. The monoisotopic (exact) mass is 800 g/mol. The highest BCUT2D eigenvalue weighted by molar-refractivity contribution is 14.1. The third-order valence-corrected chi connectivity index (χ3v) is 6.89. The third kappa shape index (κ3) is 5.90. The fourth-order valence-electron chi connectivity index (χ4n) is 2.80. The number of pyridine rings is 2. The van der Waals surface area contributed by atoms with Gasteiger partial charge in [-0.05, 0) is 76.4 Å². The van der Waals surface area contributed by atoms with Gasteiger partial charge in [0, 0.05) is 22.4 Å². The highest BCUT2D eigenvalue weighted by Crippen LogP contribution is 2.31. The standard InChI is InChI=1S/C11H6F3IN2O2.C9H3BrF3IN2O/c1-5(18)6-2-3-17-7(4-6)16-9(11(12,13)14)8(15)10(17)19;10-4-1-2-16-5(3-4)15-7(9(11,12)13)6(14)8(16)17/h2-4H,1H3;1-3H. The highest BCUT2D eigenvalue weighted by atomic mass is 127. The van der Waals surface area contributed by atoms with Crippen LogP contribution in [-0.2, 0) is 12.4 Å². The minimum absolute atomic E-state index is 0.0443. The number of halogens is 9. The molecule has 4 aromatic heterocycles. The molecule has 7 nitrogen and oxygen atoms in total. The Balaban J connectivity index is 0.000000202.